The van der Waals surface area contributed by atoms with Gasteiger partial charge in [0.15, 0.2) is 0 Å². The summed E-state index contributed by atoms with van der Waals surface area (Å²) in [5.41, 5.74) is 0.580. The molecule has 1 heterocycles. The summed E-state index contributed by atoms with van der Waals surface area (Å²) in [4.78, 5) is 8.25. The zero-order valence-electron chi connectivity index (χ0n) is 8.84. The van der Waals surface area contributed by atoms with Gasteiger partial charge in [-0.05, 0) is 41.1 Å². The van der Waals surface area contributed by atoms with E-state index in [9.17, 15) is 4.39 Å². The predicted octanol–water partition coefficient (Wildman–Crippen LogP) is 4.08. The van der Waals surface area contributed by atoms with Gasteiger partial charge in [0.2, 0.25) is 0 Å². The largest absolute Gasteiger partial charge is 0.340 e. The molecule has 0 amide bonds. The lowest BCUT2D eigenvalue weighted by Gasteiger charge is -2.07. The Hall–Kier alpha value is -1.20. The van der Waals surface area contributed by atoms with Crippen LogP contribution in [0.15, 0.2) is 28.9 Å². The van der Waals surface area contributed by atoms with Gasteiger partial charge >= 0.3 is 0 Å². The molecule has 2 aromatic rings. The summed E-state index contributed by atoms with van der Waals surface area (Å²) < 4.78 is 13.9. The van der Waals surface area contributed by atoms with Gasteiger partial charge in [0, 0.05) is 11.8 Å². The summed E-state index contributed by atoms with van der Waals surface area (Å²) in [6.07, 6.45) is 0. The predicted molar refractivity (Wildman–Crippen MR) is 69.2 cm³/mol. The van der Waals surface area contributed by atoms with E-state index in [-0.39, 0.29) is 5.02 Å². The Labute approximate surface area is 111 Å². The molecule has 0 saturated heterocycles. The molecule has 0 atom stereocenters. The molecule has 0 aliphatic heterocycles. The van der Waals surface area contributed by atoms with Crippen LogP contribution in [0.2, 0.25) is 5.02 Å². The molecule has 0 aliphatic carbocycles. The van der Waals surface area contributed by atoms with E-state index in [1.165, 1.54) is 12.1 Å². The SMILES string of the molecule is Cc1nc(Br)cc(Nc2ccc(Cl)c(F)c2)n1. The molecule has 6 heteroatoms. The van der Waals surface area contributed by atoms with Crippen molar-refractivity contribution in [3.63, 3.8) is 0 Å². The number of hydrogen-bond acceptors (Lipinski definition) is 3. The van der Waals surface area contributed by atoms with Crippen LogP contribution >= 0.6 is 27.5 Å². The van der Waals surface area contributed by atoms with Crippen molar-refractivity contribution in [1.29, 1.82) is 0 Å². The van der Waals surface area contributed by atoms with Crippen LogP contribution in [0.1, 0.15) is 5.82 Å². The number of rotatable bonds is 2. The van der Waals surface area contributed by atoms with E-state index < -0.39 is 5.82 Å². The van der Waals surface area contributed by atoms with Gasteiger partial charge in [0.05, 0.1) is 5.02 Å². The molecule has 17 heavy (non-hydrogen) atoms. The van der Waals surface area contributed by atoms with E-state index in [1.54, 1.807) is 19.1 Å². The Balaban J connectivity index is 2.28. The lowest BCUT2D eigenvalue weighted by atomic mass is 10.3. The van der Waals surface area contributed by atoms with Crippen molar-refractivity contribution in [2.75, 3.05) is 5.32 Å². The Bertz CT molecular complexity index is 542. The summed E-state index contributed by atoms with van der Waals surface area (Å²) in [7, 11) is 0. The van der Waals surface area contributed by atoms with E-state index in [2.05, 4.69) is 31.2 Å². The van der Waals surface area contributed by atoms with Crippen molar-refractivity contribution in [2.24, 2.45) is 0 Å². The fraction of sp³-hybridized carbons (Fsp3) is 0.0909. The molecular formula is C11H8BrClFN3. The number of benzene rings is 1. The number of anilines is 2. The lowest BCUT2D eigenvalue weighted by Crippen LogP contribution is -1.97. The van der Waals surface area contributed by atoms with E-state index in [1.807, 2.05) is 0 Å². The molecule has 0 fully saturated rings. The Kier molecular flexibility index (Phi) is 3.59. The van der Waals surface area contributed by atoms with E-state index >= 15 is 0 Å². The first-order chi connectivity index (χ1) is 8.04. The minimum atomic E-state index is -0.471. The third-order valence-electron chi connectivity index (χ3n) is 2.00. The van der Waals surface area contributed by atoms with Gasteiger partial charge < -0.3 is 5.32 Å². The second-order valence-electron chi connectivity index (χ2n) is 3.38. The van der Waals surface area contributed by atoms with Crippen molar-refractivity contribution in [2.45, 2.75) is 6.92 Å². The van der Waals surface area contributed by atoms with Gasteiger partial charge in [-0.3, -0.25) is 0 Å². The number of nitrogens with one attached hydrogen (secondary N) is 1. The van der Waals surface area contributed by atoms with Gasteiger partial charge in [-0.2, -0.15) is 0 Å². The molecule has 88 valence electrons. The lowest BCUT2D eigenvalue weighted by molar-refractivity contribution is 0.629. The highest BCUT2D eigenvalue weighted by Gasteiger charge is 2.03. The van der Waals surface area contributed by atoms with Gasteiger partial charge in [-0.25, -0.2) is 14.4 Å². The Morgan fingerprint density at radius 1 is 1.29 bits per heavy atom. The quantitative estimate of drug-likeness (QED) is 0.848. The molecule has 0 unspecified atom stereocenters. The standard InChI is InChI=1S/C11H8BrClFN3/c1-6-15-10(12)5-11(16-6)17-7-2-3-8(13)9(14)4-7/h2-5H,1H3,(H,15,16,17). The van der Waals surface area contributed by atoms with Crippen LogP contribution in [0, 0.1) is 12.7 Å². The number of aromatic nitrogens is 2. The third kappa shape index (κ3) is 3.14. The first kappa shape index (κ1) is 12.3. The minimum absolute atomic E-state index is 0.0931. The summed E-state index contributed by atoms with van der Waals surface area (Å²) in [5.74, 6) is 0.740. The first-order valence-corrected chi connectivity index (χ1v) is 5.95. The molecule has 1 aromatic carbocycles. The highest BCUT2D eigenvalue weighted by Crippen LogP contribution is 2.22. The molecule has 1 N–H and O–H groups in total. The number of halogens is 3. The number of aryl methyl sites for hydroxylation is 1. The van der Waals surface area contributed by atoms with Gasteiger partial charge in [-0.15, -0.1) is 0 Å². The summed E-state index contributed by atoms with van der Waals surface area (Å²) >= 11 is 8.86. The van der Waals surface area contributed by atoms with Crippen LogP contribution in [-0.2, 0) is 0 Å². The van der Waals surface area contributed by atoms with Crippen LogP contribution in [0.5, 0.6) is 0 Å². The third-order valence-corrected chi connectivity index (χ3v) is 2.71. The first-order valence-electron chi connectivity index (χ1n) is 4.78. The molecule has 0 radical (unpaired) electrons. The second kappa shape index (κ2) is 4.98. The molecule has 1 aromatic heterocycles. The average molecular weight is 317 g/mol. The molecule has 2 rings (SSSR count). The molecule has 0 bridgehead atoms. The monoisotopic (exact) mass is 315 g/mol. The van der Waals surface area contributed by atoms with Crippen molar-refractivity contribution >= 4 is 39.0 Å². The Morgan fingerprint density at radius 3 is 2.71 bits per heavy atom. The molecule has 0 spiro atoms. The normalized spacial score (nSPS) is 10.4. The van der Waals surface area contributed by atoms with Gasteiger partial charge in [0.1, 0.15) is 22.1 Å². The minimum Gasteiger partial charge on any atom is -0.340 e. The topological polar surface area (TPSA) is 37.8 Å². The van der Waals surface area contributed by atoms with Crippen LogP contribution in [-0.4, -0.2) is 9.97 Å². The van der Waals surface area contributed by atoms with Crippen LogP contribution in [0.4, 0.5) is 15.9 Å². The molecular weight excluding hydrogens is 308 g/mol. The average Bonchev–Trinajstić information content (AvgIpc) is 2.22. The van der Waals surface area contributed by atoms with E-state index in [0.29, 0.717) is 21.9 Å². The van der Waals surface area contributed by atoms with Gasteiger partial charge in [0.25, 0.3) is 0 Å². The van der Waals surface area contributed by atoms with Crippen molar-refractivity contribution in [3.05, 3.63) is 45.5 Å². The molecule has 3 nitrogen and oxygen atoms in total. The van der Waals surface area contributed by atoms with Crippen molar-refractivity contribution < 1.29 is 4.39 Å². The number of nitrogens with zero attached hydrogens (tertiary/aromatic N) is 2. The second-order valence-corrected chi connectivity index (χ2v) is 4.60. The van der Waals surface area contributed by atoms with Crippen LogP contribution in [0.25, 0.3) is 0 Å². The highest BCUT2D eigenvalue weighted by molar-refractivity contribution is 9.10. The Morgan fingerprint density at radius 2 is 2.06 bits per heavy atom. The van der Waals surface area contributed by atoms with E-state index in [0.717, 1.165) is 0 Å². The smallest absolute Gasteiger partial charge is 0.143 e. The summed E-state index contributed by atoms with van der Waals surface area (Å²) in [6.45, 7) is 1.78. The van der Waals surface area contributed by atoms with Crippen molar-refractivity contribution in [1.82, 2.24) is 9.97 Å². The molecule has 0 aliphatic rings. The van der Waals surface area contributed by atoms with Crippen LogP contribution in [0.3, 0.4) is 0 Å². The van der Waals surface area contributed by atoms with Crippen molar-refractivity contribution in [3.8, 4) is 0 Å². The zero-order chi connectivity index (χ0) is 12.4. The zero-order valence-corrected chi connectivity index (χ0v) is 11.2. The highest BCUT2D eigenvalue weighted by atomic mass is 79.9. The maximum absolute atomic E-state index is 13.2. The number of hydrogen-bond donors (Lipinski definition) is 1. The maximum atomic E-state index is 13.2. The fourth-order valence-corrected chi connectivity index (χ4v) is 1.91. The summed E-state index contributed by atoms with van der Waals surface area (Å²) in [6, 6.07) is 6.19. The van der Waals surface area contributed by atoms with Gasteiger partial charge in [-0.1, -0.05) is 11.6 Å². The maximum Gasteiger partial charge on any atom is 0.143 e. The van der Waals surface area contributed by atoms with Crippen LogP contribution < -0.4 is 5.32 Å². The summed E-state index contributed by atoms with van der Waals surface area (Å²) in [5, 5.41) is 3.07. The fourth-order valence-electron chi connectivity index (χ4n) is 1.32. The van der Waals surface area contributed by atoms with E-state index in [4.69, 9.17) is 11.6 Å². The molecule has 0 saturated carbocycles.